The summed E-state index contributed by atoms with van der Waals surface area (Å²) in [6, 6.07) is 27.7. The summed E-state index contributed by atoms with van der Waals surface area (Å²) in [5.41, 5.74) is 2.47. The lowest BCUT2D eigenvalue weighted by Gasteiger charge is -2.22. The molecule has 0 aliphatic rings. The maximum Gasteiger partial charge on any atom is 0.419 e. The predicted molar refractivity (Wildman–Crippen MR) is 134 cm³/mol. The van der Waals surface area contributed by atoms with Crippen molar-refractivity contribution in [3.8, 4) is 0 Å². The normalized spacial score (nSPS) is 10.2. The van der Waals surface area contributed by atoms with Gasteiger partial charge in [0.25, 0.3) is 0 Å². The van der Waals surface area contributed by atoms with Gasteiger partial charge in [0.05, 0.1) is 0 Å². The van der Waals surface area contributed by atoms with Crippen LogP contribution in [-0.4, -0.2) is 48.2 Å². The van der Waals surface area contributed by atoms with Crippen molar-refractivity contribution >= 4 is 18.3 Å². The molecule has 8 nitrogen and oxygen atoms in total. The molecule has 8 heteroatoms. The molecular formula is C28H30N2O6. The van der Waals surface area contributed by atoms with E-state index in [9.17, 15) is 14.4 Å². The van der Waals surface area contributed by atoms with Crippen LogP contribution >= 0.6 is 0 Å². The number of carbonyl (C=O) groups excluding carboxylic acids is 3. The van der Waals surface area contributed by atoms with Crippen LogP contribution < -0.4 is 0 Å². The average molecular weight is 491 g/mol. The van der Waals surface area contributed by atoms with Crippen LogP contribution in [-0.2, 0) is 34.0 Å². The fraction of sp³-hybridized carbons (Fsp3) is 0.250. The minimum absolute atomic E-state index is 0.0115. The van der Waals surface area contributed by atoms with Crippen molar-refractivity contribution in [1.29, 1.82) is 0 Å². The molecule has 188 valence electrons. The first-order chi connectivity index (χ1) is 17.5. The Hall–Kier alpha value is -4.33. The van der Waals surface area contributed by atoms with Gasteiger partial charge in [-0.2, -0.15) is 0 Å². The largest absolute Gasteiger partial charge is 0.445 e. The second-order valence-electron chi connectivity index (χ2n) is 8.05. The minimum atomic E-state index is -0.814. The number of amides is 3. The lowest BCUT2D eigenvalue weighted by Crippen LogP contribution is -2.40. The summed E-state index contributed by atoms with van der Waals surface area (Å²) in [7, 11) is 1.60. The van der Waals surface area contributed by atoms with Gasteiger partial charge in [-0.3, -0.25) is 0 Å². The van der Waals surface area contributed by atoms with Crippen molar-refractivity contribution in [2.24, 2.45) is 0 Å². The van der Waals surface area contributed by atoms with E-state index in [0.717, 1.165) is 21.6 Å². The molecule has 0 aliphatic carbocycles. The molecule has 0 aliphatic heterocycles. The molecule has 3 amide bonds. The van der Waals surface area contributed by atoms with Crippen molar-refractivity contribution in [3.05, 3.63) is 108 Å². The van der Waals surface area contributed by atoms with Gasteiger partial charge in [-0.25, -0.2) is 19.3 Å². The summed E-state index contributed by atoms with van der Waals surface area (Å²) in [5.74, 6) is 0. The Kier molecular flexibility index (Phi) is 10.3. The van der Waals surface area contributed by atoms with Crippen LogP contribution in [0.15, 0.2) is 91.0 Å². The highest BCUT2D eigenvalue weighted by Crippen LogP contribution is 2.09. The summed E-state index contributed by atoms with van der Waals surface area (Å²) in [6.07, 6.45) is -1.81. The van der Waals surface area contributed by atoms with Crippen molar-refractivity contribution in [2.75, 3.05) is 20.1 Å². The highest BCUT2D eigenvalue weighted by molar-refractivity contribution is 5.87. The smallest absolute Gasteiger partial charge is 0.419 e. The number of hydrogen-bond donors (Lipinski definition) is 0. The lowest BCUT2D eigenvalue weighted by molar-refractivity contribution is 0.0681. The first kappa shape index (κ1) is 26.3. The topological polar surface area (TPSA) is 85.4 Å². The van der Waals surface area contributed by atoms with Crippen molar-refractivity contribution in [3.63, 3.8) is 0 Å². The third-order valence-corrected chi connectivity index (χ3v) is 5.24. The van der Waals surface area contributed by atoms with E-state index < -0.39 is 18.3 Å². The summed E-state index contributed by atoms with van der Waals surface area (Å²) < 4.78 is 16.0. The number of benzene rings is 3. The van der Waals surface area contributed by atoms with Crippen LogP contribution in [0, 0.1) is 0 Å². The summed E-state index contributed by atoms with van der Waals surface area (Å²) in [4.78, 5) is 40.1. The summed E-state index contributed by atoms with van der Waals surface area (Å²) >= 11 is 0. The number of rotatable bonds is 10. The highest BCUT2D eigenvalue weighted by Gasteiger charge is 2.25. The third-order valence-electron chi connectivity index (χ3n) is 5.24. The molecule has 3 aromatic rings. The number of ether oxygens (including phenoxy) is 3. The molecule has 3 rings (SSSR count). The predicted octanol–water partition coefficient (Wildman–Crippen LogP) is 5.62. The quantitative estimate of drug-likeness (QED) is 0.343. The number of hydrogen-bond acceptors (Lipinski definition) is 6. The average Bonchev–Trinajstić information content (AvgIpc) is 2.93. The molecule has 0 heterocycles. The van der Waals surface area contributed by atoms with E-state index in [-0.39, 0.29) is 32.9 Å². The van der Waals surface area contributed by atoms with Crippen LogP contribution in [0.25, 0.3) is 0 Å². The highest BCUT2D eigenvalue weighted by atomic mass is 16.6. The maximum absolute atomic E-state index is 12.7. The molecule has 0 fully saturated rings. The van der Waals surface area contributed by atoms with Crippen LogP contribution in [0.1, 0.15) is 23.1 Å². The zero-order valence-electron chi connectivity index (χ0n) is 20.2. The fourth-order valence-electron chi connectivity index (χ4n) is 3.24. The molecule has 0 bridgehead atoms. The lowest BCUT2D eigenvalue weighted by atomic mass is 10.2. The SMILES string of the molecule is CN(CCCN(C(=O)OCc1ccccc1)C(=O)OCc1ccccc1)C(=O)OCc1ccccc1. The zero-order chi connectivity index (χ0) is 25.6. The molecular weight excluding hydrogens is 460 g/mol. The van der Waals surface area contributed by atoms with E-state index >= 15 is 0 Å². The van der Waals surface area contributed by atoms with E-state index in [0.29, 0.717) is 6.42 Å². The summed E-state index contributed by atoms with van der Waals surface area (Å²) in [5, 5.41) is 0. The first-order valence-electron chi connectivity index (χ1n) is 11.6. The molecule has 0 N–H and O–H groups in total. The van der Waals surface area contributed by atoms with Gasteiger partial charge in [0.15, 0.2) is 0 Å². The number of carbonyl (C=O) groups is 3. The Balaban J connectivity index is 1.52. The Morgan fingerprint density at radius 2 is 0.917 bits per heavy atom. The van der Waals surface area contributed by atoms with Gasteiger partial charge in [0, 0.05) is 20.1 Å². The second-order valence-corrected chi connectivity index (χ2v) is 8.05. The molecule has 36 heavy (non-hydrogen) atoms. The molecule has 3 aromatic carbocycles. The Morgan fingerprint density at radius 3 is 1.31 bits per heavy atom. The van der Waals surface area contributed by atoms with Gasteiger partial charge < -0.3 is 19.1 Å². The van der Waals surface area contributed by atoms with E-state index in [1.165, 1.54) is 4.90 Å². The Bertz CT molecular complexity index is 1040. The van der Waals surface area contributed by atoms with Gasteiger partial charge in [-0.1, -0.05) is 91.0 Å². The monoisotopic (exact) mass is 490 g/mol. The Labute approximate surface area is 211 Å². The molecule has 0 spiro atoms. The standard InChI is InChI=1S/C28H30N2O6/c1-29(26(31)34-20-23-12-5-2-6-13-23)18-11-19-30(27(32)35-21-24-14-7-3-8-15-24)28(33)36-22-25-16-9-4-10-17-25/h2-10,12-17H,11,18-22H2,1H3. The Morgan fingerprint density at radius 1 is 0.556 bits per heavy atom. The molecule has 0 aromatic heterocycles. The van der Waals surface area contributed by atoms with Crippen molar-refractivity contribution < 1.29 is 28.6 Å². The minimum Gasteiger partial charge on any atom is -0.445 e. The van der Waals surface area contributed by atoms with Gasteiger partial charge in [0.2, 0.25) is 0 Å². The van der Waals surface area contributed by atoms with Crippen LogP contribution in [0.4, 0.5) is 14.4 Å². The van der Waals surface area contributed by atoms with Crippen molar-refractivity contribution in [2.45, 2.75) is 26.2 Å². The first-order valence-corrected chi connectivity index (χ1v) is 11.6. The summed E-state index contributed by atoms with van der Waals surface area (Å²) in [6.45, 7) is 0.481. The molecule has 0 atom stereocenters. The van der Waals surface area contributed by atoms with Crippen LogP contribution in [0.3, 0.4) is 0 Å². The second kappa shape index (κ2) is 14.2. The van der Waals surface area contributed by atoms with Gasteiger partial charge in [-0.05, 0) is 23.1 Å². The molecule has 0 unspecified atom stereocenters. The molecule has 0 saturated heterocycles. The maximum atomic E-state index is 12.7. The van der Waals surface area contributed by atoms with E-state index in [2.05, 4.69) is 0 Å². The van der Waals surface area contributed by atoms with Gasteiger partial charge in [-0.15, -0.1) is 0 Å². The van der Waals surface area contributed by atoms with E-state index in [1.54, 1.807) is 7.05 Å². The van der Waals surface area contributed by atoms with Crippen molar-refractivity contribution in [1.82, 2.24) is 9.80 Å². The van der Waals surface area contributed by atoms with Gasteiger partial charge >= 0.3 is 18.3 Å². The van der Waals surface area contributed by atoms with Crippen LogP contribution in [0.5, 0.6) is 0 Å². The van der Waals surface area contributed by atoms with E-state index in [1.807, 2.05) is 91.0 Å². The number of nitrogens with zero attached hydrogens (tertiary/aromatic N) is 2. The number of imide groups is 1. The van der Waals surface area contributed by atoms with Crippen LogP contribution in [0.2, 0.25) is 0 Å². The molecule has 0 radical (unpaired) electrons. The van der Waals surface area contributed by atoms with E-state index in [4.69, 9.17) is 14.2 Å². The fourth-order valence-corrected chi connectivity index (χ4v) is 3.24. The molecule has 0 saturated carbocycles. The third kappa shape index (κ3) is 8.79. The van der Waals surface area contributed by atoms with Gasteiger partial charge in [0.1, 0.15) is 19.8 Å². The zero-order valence-corrected chi connectivity index (χ0v) is 20.2.